The van der Waals surface area contributed by atoms with E-state index in [0.29, 0.717) is 11.3 Å². The van der Waals surface area contributed by atoms with Crippen LogP contribution in [-0.2, 0) is 0 Å². The van der Waals surface area contributed by atoms with E-state index < -0.39 is 0 Å². The Kier molecular flexibility index (Phi) is 5.17. The molecular formula is C22H40O. The molecule has 1 heteroatoms. The first kappa shape index (κ1) is 17.8. The zero-order valence-corrected chi connectivity index (χ0v) is 16.2. The van der Waals surface area contributed by atoms with Crippen LogP contribution in [0.4, 0.5) is 0 Å². The number of hydrogen-bond acceptors (Lipinski definition) is 1. The molecule has 0 radical (unpaired) electrons. The van der Waals surface area contributed by atoms with Gasteiger partial charge in [0.2, 0.25) is 0 Å². The summed E-state index contributed by atoms with van der Waals surface area (Å²) < 4.78 is 0. The highest BCUT2D eigenvalue weighted by atomic mass is 16.3. The van der Waals surface area contributed by atoms with Crippen molar-refractivity contribution < 1.29 is 5.11 Å². The first-order valence-electron chi connectivity index (χ1n) is 10.6. The SMILES string of the molecule is CCC1CCC2C(CCC3(C)C(C(C)O)CCC23)C1CC(C)C. The van der Waals surface area contributed by atoms with E-state index in [-0.39, 0.29) is 6.10 Å². The quantitative estimate of drug-likeness (QED) is 0.683. The standard InChI is InChI=1S/C22H40O/c1-6-16-7-8-18-17(19(16)13-14(2)3)11-12-22(5)20(15(4)23)9-10-21(18)22/h14-21,23H,6-13H2,1-5H3. The number of rotatable bonds is 4. The third-order valence-corrected chi connectivity index (χ3v) is 8.44. The van der Waals surface area contributed by atoms with Crippen molar-refractivity contribution in [3.05, 3.63) is 0 Å². The molecule has 1 nitrogen and oxygen atoms in total. The highest BCUT2D eigenvalue weighted by molar-refractivity contribution is 5.06. The molecule has 3 rings (SSSR count). The van der Waals surface area contributed by atoms with Crippen LogP contribution in [0.25, 0.3) is 0 Å². The Morgan fingerprint density at radius 2 is 1.74 bits per heavy atom. The van der Waals surface area contributed by atoms with Crippen molar-refractivity contribution in [2.45, 2.75) is 92.1 Å². The fraction of sp³-hybridized carbons (Fsp3) is 1.00. The van der Waals surface area contributed by atoms with Gasteiger partial charge in [-0.25, -0.2) is 0 Å². The summed E-state index contributed by atoms with van der Waals surface area (Å²) in [5.74, 6) is 6.21. The van der Waals surface area contributed by atoms with Crippen LogP contribution in [0.1, 0.15) is 86.0 Å². The van der Waals surface area contributed by atoms with Crippen LogP contribution in [0.3, 0.4) is 0 Å². The summed E-state index contributed by atoms with van der Waals surface area (Å²) in [6.07, 6.45) is 11.1. The molecule has 8 unspecified atom stereocenters. The lowest BCUT2D eigenvalue weighted by Crippen LogP contribution is -2.48. The third-order valence-electron chi connectivity index (χ3n) is 8.44. The molecule has 0 aliphatic heterocycles. The lowest BCUT2D eigenvalue weighted by Gasteiger charge is -2.55. The Labute approximate surface area is 144 Å². The van der Waals surface area contributed by atoms with Gasteiger partial charge >= 0.3 is 0 Å². The van der Waals surface area contributed by atoms with Crippen molar-refractivity contribution in [2.24, 2.45) is 46.8 Å². The summed E-state index contributed by atoms with van der Waals surface area (Å²) in [7, 11) is 0. The summed E-state index contributed by atoms with van der Waals surface area (Å²) in [5, 5.41) is 10.3. The van der Waals surface area contributed by atoms with Gasteiger partial charge in [0.25, 0.3) is 0 Å². The summed E-state index contributed by atoms with van der Waals surface area (Å²) in [6.45, 7) is 11.8. The summed E-state index contributed by atoms with van der Waals surface area (Å²) in [5.41, 5.74) is 0.427. The van der Waals surface area contributed by atoms with E-state index in [2.05, 4.69) is 27.7 Å². The second kappa shape index (κ2) is 6.70. The van der Waals surface area contributed by atoms with Crippen molar-refractivity contribution in [3.8, 4) is 0 Å². The Balaban J connectivity index is 1.82. The molecular weight excluding hydrogens is 280 g/mol. The molecule has 0 aromatic carbocycles. The molecule has 0 aromatic heterocycles. The lowest BCUT2D eigenvalue weighted by atomic mass is 9.50. The molecule has 23 heavy (non-hydrogen) atoms. The number of hydrogen-bond donors (Lipinski definition) is 1. The number of fused-ring (bicyclic) bond motifs is 3. The topological polar surface area (TPSA) is 20.2 Å². The molecule has 8 atom stereocenters. The normalized spacial score (nSPS) is 48.1. The maximum absolute atomic E-state index is 10.3. The van der Waals surface area contributed by atoms with Crippen LogP contribution in [0.2, 0.25) is 0 Å². The second-order valence-electron chi connectivity index (χ2n) is 9.94. The van der Waals surface area contributed by atoms with Crippen molar-refractivity contribution in [3.63, 3.8) is 0 Å². The highest BCUT2D eigenvalue weighted by Gasteiger charge is 2.57. The van der Waals surface area contributed by atoms with Crippen LogP contribution in [-0.4, -0.2) is 11.2 Å². The Morgan fingerprint density at radius 1 is 1.00 bits per heavy atom. The molecule has 0 saturated heterocycles. The van der Waals surface area contributed by atoms with Crippen LogP contribution < -0.4 is 0 Å². The zero-order chi connectivity index (χ0) is 16.8. The molecule has 0 bridgehead atoms. The van der Waals surface area contributed by atoms with E-state index >= 15 is 0 Å². The molecule has 1 N–H and O–H groups in total. The van der Waals surface area contributed by atoms with Crippen LogP contribution in [0.5, 0.6) is 0 Å². The predicted octanol–water partition coefficient (Wildman–Crippen LogP) is 5.91. The van der Waals surface area contributed by atoms with Gasteiger partial charge in [0.05, 0.1) is 6.10 Å². The average Bonchev–Trinajstić information content (AvgIpc) is 2.84. The van der Waals surface area contributed by atoms with Crippen LogP contribution >= 0.6 is 0 Å². The van der Waals surface area contributed by atoms with Crippen LogP contribution in [0.15, 0.2) is 0 Å². The van der Waals surface area contributed by atoms with Gasteiger partial charge in [-0.3, -0.25) is 0 Å². The number of aliphatic hydroxyl groups excluding tert-OH is 1. The fourth-order valence-electron chi connectivity index (χ4n) is 7.49. The summed E-state index contributed by atoms with van der Waals surface area (Å²) >= 11 is 0. The summed E-state index contributed by atoms with van der Waals surface area (Å²) in [4.78, 5) is 0. The molecule has 0 heterocycles. The molecule has 3 aliphatic carbocycles. The lowest BCUT2D eigenvalue weighted by molar-refractivity contribution is -0.0740. The minimum atomic E-state index is -0.111. The minimum Gasteiger partial charge on any atom is -0.393 e. The van der Waals surface area contributed by atoms with Gasteiger partial charge in [-0.1, -0.05) is 34.1 Å². The first-order chi connectivity index (χ1) is 10.9. The van der Waals surface area contributed by atoms with Gasteiger partial charge < -0.3 is 5.11 Å². The van der Waals surface area contributed by atoms with Gasteiger partial charge in [0.1, 0.15) is 0 Å². The predicted molar refractivity (Wildman–Crippen MR) is 98.2 cm³/mol. The molecule has 0 spiro atoms. The maximum Gasteiger partial charge on any atom is 0.0545 e. The zero-order valence-electron chi connectivity index (χ0n) is 16.2. The Morgan fingerprint density at radius 3 is 2.35 bits per heavy atom. The van der Waals surface area contributed by atoms with Gasteiger partial charge in [-0.2, -0.15) is 0 Å². The Hall–Kier alpha value is -0.0400. The van der Waals surface area contributed by atoms with E-state index in [9.17, 15) is 5.11 Å². The van der Waals surface area contributed by atoms with E-state index in [1.165, 1.54) is 51.4 Å². The number of aliphatic hydroxyl groups is 1. The van der Waals surface area contributed by atoms with Crippen molar-refractivity contribution >= 4 is 0 Å². The monoisotopic (exact) mass is 320 g/mol. The van der Waals surface area contributed by atoms with E-state index in [4.69, 9.17) is 0 Å². The molecule has 3 aliphatic rings. The van der Waals surface area contributed by atoms with Gasteiger partial charge in [0.15, 0.2) is 0 Å². The first-order valence-corrected chi connectivity index (χ1v) is 10.6. The Bertz CT molecular complexity index is 401. The molecule has 3 saturated carbocycles. The highest BCUT2D eigenvalue weighted by Crippen LogP contribution is 2.64. The third kappa shape index (κ3) is 3.00. The smallest absolute Gasteiger partial charge is 0.0545 e. The second-order valence-corrected chi connectivity index (χ2v) is 9.94. The van der Waals surface area contributed by atoms with Crippen molar-refractivity contribution in [1.82, 2.24) is 0 Å². The summed E-state index contributed by atoms with van der Waals surface area (Å²) in [6, 6.07) is 0. The van der Waals surface area contributed by atoms with Crippen molar-refractivity contribution in [2.75, 3.05) is 0 Å². The van der Waals surface area contributed by atoms with Gasteiger partial charge in [0, 0.05) is 0 Å². The van der Waals surface area contributed by atoms with Gasteiger partial charge in [-0.15, -0.1) is 0 Å². The van der Waals surface area contributed by atoms with E-state index in [0.717, 1.165) is 35.5 Å². The van der Waals surface area contributed by atoms with Gasteiger partial charge in [-0.05, 0) is 98.7 Å². The van der Waals surface area contributed by atoms with E-state index in [1.807, 2.05) is 6.92 Å². The molecule has 0 amide bonds. The minimum absolute atomic E-state index is 0.111. The largest absolute Gasteiger partial charge is 0.393 e. The molecule has 0 aromatic rings. The molecule has 3 fully saturated rings. The average molecular weight is 321 g/mol. The fourth-order valence-corrected chi connectivity index (χ4v) is 7.49. The molecule has 134 valence electrons. The maximum atomic E-state index is 10.3. The van der Waals surface area contributed by atoms with Crippen LogP contribution in [0, 0.1) is 46.8 Å². The van der Waals surface area contributed by atoms with E-state index in [1.54, 1.807) is 0 Å². The van der Waals surface area contributed by atoms with Crippen molar-refractivity contribution in [1.29, 1.82) is 0 Å².